The third-order valence-corrected chi connectivity index (χ3v) is 5.65. The Morgan fingerprint density at radius 3 is 2.44 bits per heavy atom. The number of benzene rings is 1. The number of anilines is 1. The molecule has 1 aromatic carbocycles. The zero-order valence-electron chi connectivity index (χ0n) is 15.3. The Bertz CT molecular complexity index is 871. The molecular formula is C20H24ClN3S. The molecule has 3 rings (SSSR count). The number of hydrogen-bond acceptors (Lipinski definition) is 4. The molecule has 0 atom stereocenters. The number of fused-ring (bicyclic) bond motifs is 1. The molecule has 0 saturated carbocycles. The van der Waals surface area contributed by atoms with E-state index in [4.69, 9.17) is 11.6 Å². The summed E-state index contributed by atoms with van der Waals surface area (Å²) >= 11 is 7.94. The summed E-state index contributed by atoms with van der Waals surface area (Å²) in [6, 6.07) is 8.68. The largest absolute Gasteiger partial charge is 0.356 e. The van der Waals surface area contributed by atoms with Crippen molar-refractivity contribution >= 4 is 39.0 Å². The lowest BCUT2D eigenvalue weighted by Gasteiger charge is -2.23. The maximum atomic E-state index is 6.25. The number of aromatic nitrogens is 2. The summed E-state index contributed by atoms with van der Waals surface area (Å²) in [5.74, 6) is 0.964. The first-order valence-corrected chi connectivity index (χ1v) is 10.0. The van der Waals surface area contributed by atoms with Gasteiger partial charge in [0.2, 0.25) is 5.28 Å². The van der Waals surface area contributed by atoms with E-state index in [9.17, 15) is 0 Å². The molecule has 0 spiro atoms. The fourth-order valence-electron chi connectivity index (χ4n) is 3.13. The van der Waals surface area contributed by atoms with Gasteiger partial charge in [-0.1, -0.05) is 43.2 Å². The zero-order chi connectivity index (χ0) is 18.0. The van der Waals surface area contributed by atoms with E-state index in [2.05, 4.69) is 66.8 Å². The minimum atomic E-state index is 0.328. The molecule has 132 valence electrons. The molecule has 0 unspecified atom stereocenters. The molecule has 0 N–H and O–H groups in total. The first-order valence-electron chi connectivity index (χ1n) is 8.83. The molecule has 3 aromatic rings. The number of aryl methyl sites for hydroxylation is 2. The quantitative estimate of drug-likeness (QED) is 0.478. The fraction of sp³-hybridized carbons (Fsp3) is 0.400. The highest BCUT2D eigenvalue weighted by Crippen LogP contribution is 2.42. The van der Waals surface area contributed by atoms with Crippen molar-refractivity contribution in [2.45, 2.75) is 40.5 Å². The molecule has 2 heterocycles. The Labute approximate surface area is 158 Å². The number of halogens is 1. The third kappa shape index (κ3) is 3.65. The molecule has 2 aromatic heterocycles. The first-order chi connectivity index (χ1) is 12.0. The lowest BCUT2D eigenvalue weighted by molar-refractivity contribution is 0.726. The summed E-state index contributed by atoms with van der Waals surface area (Å²) in [4.78, 5) is 13.7. The van der Waals surface area contributed by atoms with Crippen LogP contribution in [0.4, 0.5) is 5.82 Å². The van der Waals surface area contributed by atoms with E-state index >= 15 is 0 Å². The van der Waals surface area contributed by atoms with Crippen molar-refractivity contribution in [2.75, 3.05) is 18.0 Å². The predicted octanol–water partition coefficient (Wildman–Crippen LogP) is 6.25. The summed E-state index contributed by atoms with van der Waals surface area (Å²) in [5.41, 5.74) is 3.72. The van der Waals surface area contributed by atoms with Crippen LogP contribution in [0.15, 0.2) is 24.3 Å². The van der Waals surface area contributed by atoms with E-state index in [0.29, 0.717) is 5.28 Å². The van der Waals surface area contributed by atoms with Crippen LogP contribution in [0.25, 0.3) is 21.3 Å². The van der Waals surface area contributed by atoms with Crippen LogP contribution in [0.2, 0.25) is 5.28 Å². The Morgan fingerprint density at radius 2 is 1.80 bits per heavy atom. The lowest BCUT2D eigenvalue weighted by atomic mass is 10.0. The monoisotopic (exact) mass is 373 g/mol. The standard InChI is InChI=1S/C20H24ClN3S/c1-5-7-12-24(6-2)18-17-16(15-10-8-13(3)9-11-15)14(4)25-19(17)23-20(21)22-18/h8-11H,5-7,12H2,1-4H3. The highest BCUT2D eigenvalue weighted by Gasteiger charge is 2.21. The van der Waals surface area contributed by atoms with Gasteiger partial charge in [0.05, 0.1) is 5.39 Å². The Balaban J connectivity index is 2.24. The average molecular weight is 374 g/mol. The summed E-state index contributed by atoms with van der Waals surface area (Å²) in [6.45, 7) is 10.5. The highest BCUT2D eigenvalue weighted by atomic mass is 35.5. The van der Waals surface area contributed by atoms with E-state index in [-0.39, 0.29) is 0 Å². The van der Waals surface area contributed by atoms with Gasteiger partial charge in [-0.05, 0) is 44.4 Å². The maximum absolute atomic E-state index is 6.25. The smallest absolute Gasteiger partial charge is 0.225 e. The molecule has 0 bridgehead atoms. The van der Waals surface area contributed by atoms with Crippen LogP contribution in [0.1, 0.15) is 37.1 Å². The van der Waals surface area contributed by atoms with E-state index in [1.54, 1.807) is 11.3 Å². The van der Waals surface area contributed by atoms with Crippen molar-refractivity contribution in [3.05, 3.63) is 40.0 Å². The van der Waals surface area contributed by atoms with Crippen LogP contribution >= 0.6 is 22.9 Å². The average Bonchev–Trinajstić information content (AvgIpc) is 2.91. The second-order valence-electron chi connectivity index (χ2n) is 6.33. The van der Waals surface area contributed by atoms with Gasteiger partial charge in [0.15, 0.2) is 0 Å². The minimum absolute atomic E-state index is 0.328. The predicted molar refractivity (Wildman–Crippen MR) is 110 cm³/mol. The van der Waals surface area contributed by atoms with Gasteiger partial charge in [-0.2, -0.15) is 4.98 Å². The second kappa shape index (κ2) is 7.71. The number of unbranched alkanes of at least 4 members (excludes halogenated alkanes) is 1. The fourth-order valence-corrected chi connectivity index (χ4v) is 4.38. The molecule has 0 aliphatic rings. The van der Waals surface area contributed by atoms with Crippen LogP contribution < -0.4 is 4.90 Å². The van der Waals surface area contributed by atoms with Crippen LogP contribution in [-0.2, 0) is 0 Å². The molecule has 0 fully saturated rings. The molecule has 0 aliphatic carbocycles. The van der Waals surface area contributed by atoms with Crippen molar-refractivity contribution in [3.63, 3.8) is 0 Å². The summed E-state index contributed by atoms with van der Waals surface area (Å²) in [5, 5.41) is 1.46. The summed E-state index contributed by atoms with van der Waals surface area (Å²) < 4.78 is 0. The van der Waals surface area contributed by atoms with E-state index in [1.807, 2.05) is 0 Å². The van der Waals surface area contributed by atoms with E-state index in [0.717, 1.165) is 42.0 Å². The lowest BCUT2D eigenvalue weighted by Crippen LogP contribution is -2.25. The van der Waals surface area contributed by atoms with Crippen molar-refractivity contribution in [1.82, 2.24) is 9.97 Å². The molecule has 0 amide bonds. The molecule has 5 heteroatoms. The van der Waals surface area contributed by atoms with Crippen molar-refractivity contribution in [1.29, 1.82) is 0 Å². The summed E-state index contributed by atoms with van der Waals surface area (Å²) in [7, 11) is 0. The van der Waals surface area contributed by atoms with Gasteiger partial charge < -0.3 is 4.90 Å². The second-order valence-corrected chi connectivity index (χ2v) is 7.87. The Hall–Kier alpha value is -1.65. The first kappa shape index (κ1) is 18.2. The van der Waals surface area contributed by atoms with Crippen molar-refractivity contribution in [3.8, 4) is 11.1 Å². The SMILES string of the molecule is CCCCN(CC)c1nc(Cl)nc2sc(C)c(-c3ccc(C)cc3)c12. The minimum Gasteiger partial charge on any atom is -0.356 e. The van der Waals surface area contributed by atoms with Crippen molar-refractivity contribution < 1.29 is 0 Å². The van der Waals surface area contributed by atoms with Crippen LogP contribution in [0.3, 0.4) is 0 Å². The third-order valence-electron chi connectivity index (χ3n) is 4.48. The van der Waals surface area contributed by atoms with Gasteiger partial charge in [-0.25, -0.2) is 4.98 Å². The molecule has 25 heavy (non-hydrogen) atoms. The molecule has 3 nitrogen and oxygen atoms in total. The molecule has 0 aliphatic heterocycles. The topological polar surface area (TPSA) is 29.0 Å². The van der Waals surface area contributed by atoms with Crippen LogP contribution in [-0.4, -0.2) is 23.1 Å². The summed E-state index contributed by atoms with van der Waals surface area (Å²) in [6.07, 6.45) is 2.30. The Kier molecular flexibility index (Phi) is 5.60. The maximum Gasteiger partial charge on any atom is 0.225 e. The van der Waals surface area contributed by atoms with Crippen LogP contribution in [0, 0.1) is 13.8 Å². The number of hydrogen-bond donors (Lipinski definition) is 0. The van der Waals surface area contributed by atoms with Gasteiger partial charge >= 0.3 is 0 Å². The molecule has 0 saturated heterocycles. The highest BCUT2D eigenvalue weighted by molar-refractivity contribution is 7.19. The van der Waals surface area contributed by atoms with Crippen molar-refractivity contribution in [2.24, 2.45) is 0 Å². The van der Waals surface area contributed by atoms with Gasteiger partial charge in [-0.15, -0.1) is 11.3 Å². The van der Waals surface area contributed by atoms with E-state index in [1.165, 1.54) is 21.6 Å². The number of thiophene rings is 1. The Morgan fingerprint density at radius 1 is 1.08 bits per heavy atom. The van der Waals surface area contributed by atoms with Gasteiger partial charge in [0.25, 0.3) is 0 Å². The van der Waals surface area contributed by atoms with Gasteiger partial charge in [-0.3, -0.25) is 0 Å². The van der Waals surface area contributed by atoms with Crippen LogP contribution in [0.5, 0.6) is 0 Å². The van der Waals surface area contributed by atoms with Gasteiger partial charge in [0.1, 0.15) is 10.6 Å². The van der Waals surface area contributed by atoms with Gasteiger partial charge in [0, 0.05) is 23.5 Å². The zero-order valence-corrected chi connectivity index (χ0v) is 16.8. The normalized spacial score (nSPS) is 11.2. The number of nitrogens with zero attached hydrogens (tertiary/aromatic N) is 3. The molecular weight excluding hydrogens is 350 g/mol. The number of rotatable bonds is 6. The molecule has 0 radical (unpaired) electrons. The van der Waals surface area contributed by atoms with E-state index < -0.39 is 0 Å².